The number of unbranched alkanes of at least 4 members (excludes halogenated alkanes) is 1. The number of nitrogens with two attached hydrogens (primary N) is 8. The van der Waals surface area contributed by atoms with Crippen molar-refractivity contribution < 1.29 is 77.0 Å². The normalized spacial score (nSPS) is 15.6. The van der Waals surface area contributed by atoms with E-state index in [0.29, 0.717) is 56.9 Å². The molecule has 0 spiro atoms. The fourth-order valence-electron chi connectivity index (χ4n) is 12.2. The molecule has 13 amide bonds. The molecule has 0 radical (unpaired) electrons. The summed E-state index contributed by atoms with van der Waals surface area (Å²) in [7, 11) is 0. The Morgan fingerprint density at radius 2 is 0.930 bits per heavy atom. The van der Waals surface area contributed by atoms with Gasteiger partial charge in [0, 0.05) is 43.6 Å². The molecule has 1 fully saturated rings. The maximum absolute atomic E-state index is 14.5. The number of benzene rings is 1. The van der Waals surface area contributed by atoms with Crippen molar-refractivity contribution in [2.24, 2.45) is 78.6 Å². The number of aldehydes is 1. The third kappa shape index (κ3) is 38.3. The predicted molar refractivity (Wildman–Crippen MR) is 439 cm³/mol. The van der Waals surface area contributed by atoms with Gasteiger partial charge in [0.1, 0.15) is 66.7 Å². The van der Waals surface area contributed by atoms with Crippen LogP contribution in [0.5, 0.6) is 0 Å². The zero-order valence-corrected chi connectivity index (χ0v) is 68.7. The van der Waals surface area contributed by atoms with E-state index < -0.39 is 193 Å². The highest BCUT2D eigenvalue weighted by molar-refractivity contribution is 7.80. The van der Waals surface area contributed by atoms with E-state index in [1.807, 2.05) is 0 Å². The molecule has 40 nitrogen and oxygen atoms in total. The van der Waals surface area contributed by atoms with Gasteiger partial charge in [0.25, 0.3) is 0 Å². The number of amides is 13. The van der Waals surface area contributed by atoms with E-state index in [1.165, 1.54) is 11.8 Å². The molecule has 0 unspecified atom stereocenters. The molecule has 0 aromatic heterocycles. The van der Waals surface area contributed by atoms with E-state index in [-0.39, 0.29) is 106 Å². The summed E-state index contributed by atoms with van der Waals surface area (Å²) < 4.78 is 0. The fraction of sp³-hybridized carbons (Fsp3) is 0.671. The number of nitrogens with one attached hydrogen (secondary N) is 12. The van der Waals surface area contributed by atoms with E-state index in [0.717, 1.165) is 19.3 Å². The highest BCUT2D eigenvalue weighted by Gasteiger charge is 2.40. The standard InChI is InChI=1S/C73H126N24O16S2/c1-8-41(5)58(95-62(105)48(27-19-31-83-72(78)79)88-55(100)36-85-54(99)35-86-61(104)50(33-44-21-12-10-13-22-44)90-67(110)57(40(3)4)94-66(109)53(39-115)92-60(103)47(75)26-16-17-29-74)68(111)91-51(34-56(101)102)64(107)89-49(28-20-32-84-73(80)81)63(106)96-59(42(6)9-2)69(112)93-52(38-114)65(108)87-43(7)70(113)97(45-23-14-11-15-24-45)46(37-98)25-18-30-82-71(76)77/h10,12-13,21-22,37,40-43,45-53,57-59,114-115H,8-9,11,14-20,23-36,38-39,74-75H2,1-7H3,(H,85,99)(H,86,104)(H,87,108)(H,88,100)(H,89,107)(H,90,110)(H,91,111)(H,92,103)(H,93,112)(H,94,109)(H,95,105)(H,96,106)(H,101,102)(H4,76,77,82)(H4,78,79,83)(H4,80,81,84)/t41-,42-,43-,46-,47-,48-,49-,50-,51-,52-,53-,57+,58-,59-/m0/s1. The number of nitrogens with zero attached hydrogens (tertiary/aromatic N) is 4. The minimum Gasteiger partial charge on any atom is -0.481 e. The number of hydrogen-bond donors (Lipinski definition) is 23. The third-order valence-electron chi connectivity index (χ3n) is 19.2. The van der Waals surface area contributed by atoms with Gasteiger partial charge >= 0.3 is 5.97 Å². The van der Waals surface area contributed by atoms with Gasteiger partial charge in [-0.25, -0.2) is 0 Å². The van der Waals surface area contributed by atoms with Crippen LogP contribution in [-0.2, 0) is 78.3 Å². The minimum absolute atomic E-state index is 0.00683. The Kier molecular flexibility index (Phi) is 48.0. The zero-order valence-electron chi connectivity index (χ0n) is 67.0. The number of guanidine groups is 3. The molecule has 1 aliphatic carbocycles. The van der Waals surface area contributed by atoms with Gasteiger partial charge in [0.2, 0.25) is 76.8 Å². The van der Waals surface area contributed by atoms with Crippen molar-refractivity contribution in [2.45, 2.75) is 243 Å². The summed E-state index contributed by atoms with van der Waals surface area (Å²) in [5.74, 6) is -16.0. The third-order valence-corrected chi connectivity index (χ3v) is 19.9. The molecule has 42 heteroatoms. The Labute approximate surface area is 682 Å². The average Bonchev–Trinajstić information content (AvgIpc) is 0.854. The smallest absolute Gasteiger partial charge is 0.305 e. The van der Waals surface area contributed by atoms with Crippen LogP contribution in [0.4, 0.5) is 0 Å². The number of thiol groups is 2. The Hall–Kier alpha value is -10.1. The molecular weight excluding hydrogens is 1530 g/mol. The molecule has 2 rings (SSSR count). The van der Waals surface area contributed by atoms with Crippen molar-refractivity contribution in [3.63, 3.8) is 0 Å². The second kappa shape index (κ2) is 54.6. The van der Waals surface area contributed by atoms with Crippen molar-refractivity contribution in [2.75, 3.05) is 50.8 Å². The van der Waals surface area contributed by atoms with Crippen LogP contribution >= 0.6 is 25.3 Å². The van der Waals surface area contributed by atoms with Gasteiger partial charge in [-0.15, -0.1) is 0 Å². The first kappa shape index (κ1) is 101. The van der Waals surface area contributed by atoms with Gasteiger partial charge in [-0.1, -0.05) is 110 Å². The Morgan fingerprint density at radius 1 is 0.496 bits per heavy atom. The van der Waals surface area contributed by atoms with Gasteiger partial charge in [-0.05, 0) is 101 Å². The minimum atomic E-state index is -1.95. The largest absolute Gasteiger partial charge is 0.481 e. The molecule has 1 aromatic rings. The van der Waals surface area contributed by atoms with Crippen LogP contribution in [0.25, 0.3) is 0 Å². The zero-order chi connectivity index (χ0) is 86.4. The van der Waals surface area contributed by atoms with Crippen LogP contribution in [0.1, 0.15) is 163 Å². The van der Waals surface area contributed by atoms with Crippen LogP contribution in [0.15, 0.2) is 45.3 Å². The lowest BCUT2D eigenvalue weighted by atomic mass is 9.92. The van der Waals surface area contributed by atoms with Crippen LogP contribution in [0, 0.1) is 17.8 Å². The molecule has 0 bridgehead atoms. The first-order chi connectivity index (χ1) is 54.5. The number of aliphatic carboxylic acids is 1. The number of carbonyl (C=O) groups is 15. The van der Waals surface area contributed by atoms with Gasteiger partial charge in [0.15, 0.2) is 17.9 Å². The first-order valence-corrected chi connectivity index (χ1v) is 40.2. The molecule has 1 aliphatic rings. The highest BCUT2D eigenvalue weighted by Crippen LogP contribution is 2.26. The van der Waals surface area contributed by atoms with Gasteiger partial charge in [0.05, 0.1) is 31.6 Å². The van der Waals surface area contributed by atoms with Crippen LogP contribution < -0.4 is 110 Å². The van der Waals surface area contributed by atoms with Crippen molar-refractivity contribution >= 4 is 132 Å². The average molecular weight is 1660 g/mol. The quantitative estimate of drug-likeness (QED) is 0.00953. The lowest BCUT2D eigenvalue weighted by Gasteiger charge is -2.39. The van der Waals surface area contributed by atoms with Gasteiger partial charge < -0.3 is 124 Å². The van der Waals surface area contributed by atoms with Gasteiger partial charge in [-0.2, -0.15) is 25.3 Å². The molecule has 115 heavy (non-hydrogen) atoms. The van der Waals surface area contributed by atoms with Crippen molar-refractivity contribution in [1.29, 1.82) is 0 Å². The van der Waals surface area contributed by atoms with Crippen molar-refractivity contribution in [3.8, 4) is 0 Å². The second-order valence-electron chi connectivity index (χ2n) is 28.8. The molecule has 29 N–H and O–H groups in total. The first-order valence-electron chi connectivity index (χ1n) is 38.9. The predicted octanol–water partition coefficient (Wildman–Crippen LogP) is -5.24. The lowest BCUT2D eigenvalue weighted by molar-refractivity contribution is -0.143. The highest BCUT2D eigenvalue weighted by atomic mass is 32.1. The molecule has 1 aromatic carbocycles. The Bertz CT molecular complexity index is 3440. The molecule has 0 aliphatic heterocycles. The molecule has 646 valence electrons. The SMILES string of the molecule is CC[C@H](C)[C@H](NC(=O)[C@H](CCCN=C(N)N)NC(=O)[C@H](CC(=O)O)NC(=O)[C@@H](NC(=O)[C@H](CCCN=C(N)N)NC(=O)CNC(=O)CNC(=O)[C@H](Cc1ccccc1)NC(=O)[C@H](NC(=O)[C@H](CS)NC(=O)[C@@H](N)CCCCN)C(C)C)[C@@H](C)CC)C(=O)N[C@@H](CS)C(=O)N[C@@H](C)C(=O)N(C1CCCCC1)[C@H](C=O)CCCN=C(N)N. The molecule has 1 saturated carbocycles. The molecule has 0 saturated heterocycles. The van der Waals surface area contributed by atoms with Gasteiger partial charge in [-0.3, -0.25) is 82.1 Å². The summed E-state index contributed by atoms with van der Waals surface area (Å²) >= 11 is 8.56. The molecule has 14 atom stereocenters. The van der Waals surface area contributed by atoms with Crippen LogP contribution in [0.2, 0.25) is 0 Å². The fourth-order valence-corrected chi connectivity index (χ4v) is 12.7. The van der Waals surface area contributed by atoms with E-state index in [2.05, 4.69) is 104 Å². The number of carboxylic acid groups (broad SMARTS) is 1. The summed E-state index contributed by atoms with van der Waals surface area (Å²) in [5.41, 5.74) is 45.4. The monoisotopic (exact) mass is 1660 g/mol. The Balaban J connectivity index is 2.39. The summed E-state index contributed by atoms with van der Waals surface area (Å²) in [4.78, 5) is 220. The number of rotatable bonds is 55. The van der Waals surface area contributed by atoms with Crippen molar-refractivity contribution in [3.05, 3.63) is 35.9 Å². The maximum Gasteiger partial charge on any atom is 0.305 e. The lowest BCUT2D eigenvalue weighted by Crippen LogP contribution is -2.62. The summed E-state index contributed by atoms with van der Waals surface area (Å²) in [6.07, 6.45) is 5.60. The summed E-state index contributed by atoms with van der Waals surface area (Å²) in [6, 6.07) is -7.93. The molecular formula is C73H126N24O16S2. The number of carboxylic acids is 1. The molecule has 0 heterocycles. The van der Waals surface area contributed by atoms with E-state index >= 15 is 0 Å². The van der Waals surface area contributed by atoms with Crippen LogP contribution in [-0.4, -0.2) is 246 Å². The number of hydrogen-bond acceptors (Lipinski definition) is 22. The van der Waals surface area contributed by atoms with Crippen LogP contribution in [0.3, 0.4) is 0 Å². The number of carbonyl (C=O) groups excluding carboxylic acids is 14. The second-order valence-corrected chi connectivity index (χ2v) is 29.5. The topological polar surface area (TPSA) is 669 Å². The van der Waals surface area contributed by atoms with E-state index in [4.69, 9.17) is 45.9 Å². The summed E-state index contributed by atoms with van der Waals surface area (Å²) in [6.45, 7) is 10.3. The maximum atomic E-state index is 14.5. The summed E-state index contributed by atoms with van der Waals surface area (Å²) in [5, 5.41) is 40.7. The Morgan fingerprint density at radius 3 is 1.41 bits per heavy atom. The van der Waals surface area contributed by atoms with E-state index in [1.54, 1.807) is 71.9 Å². The van der Waals surface area contributed by atoms with E-state index in [9.17, 15) is 77.0 Å². The number of aliphatic imine (C=N–C) groups is 3. The van der Waals surface area contributed by atoms with Crippen molar-refractivity contribution in [1.82, 2.24) is 68.7 Å².